The third kappa shape index (κ3) is 3.93. The summed E-state index contributed by atoms with van der Waals surface area (Å²) in [6.45, 7) is 3.99. The molecule has 134 valence electrons. The van der Waals surface area contributed by atoms with E-state index in [2.05, 4.69) is 17.2 Å². The van der Waals surface area contributed by atoms with Crippen LogP contribution in [0, 0.1) is 17.8 Å². The van der Waals surface area contributed by atoms with Crippen molar-refractivity contribution in [1.82, 2.24) is 5.32 Å². The molecule has 2 aliphatic rings. The van der Waals surface area contributed by atoms with E-state index in [9.17, 15) is 9.59 Å². The number of anilines is 1. The van der Waals surface area contributed by atoms with E-state index in [4.69, 9.17) is 5.73 Å². The highest BCUT2D eigenvalue weighted by Gasteiger charge is 2.40. The number of hydrogen-bond donors (Lipinski definition) is 3. The maximum atomic E-state index is 12.8. The van der Waals surface area contributed by atoms with E-state index in [1.807, 2.05) is 6.07 Å². The third-order valence-corrected chi connectivity index (χ3v) is 5.62. The van der Waals surface area contributed by atoms with Crippen molar-refractivity contribution in [3.63, 3.8) is 0 Å². The first-order chi connectivity index (χ1) is 12.1. The molecule has 2 fully saturated rings. The zero-order valence-corrected chi connectivity index (χ0v) is 14.5. The summed E-state index contributed by atoms with van der Waals surface area (Å²) in [5.41, 5.74) is 7.36. The first kappa shape index (κ1) is 17.7. The van der Waals surface area contributed by atoms with Crippen LogP contribution in [0.2, 0.25) is 0 Å². The molecule has 1 aromatic carbocycles. The van der Waals surface area contributed by atoms with Crippen LogP contribution in [0.1, 0.15) is 42.5 Å². The van der Waals surface area contributed by atoms with Crippen molar-refractivity contribution in [3.05, 3.63) is 42.5 Å². The molecule has 2 saturated carbocycles. The highest BCUT2D eigenvalue weighted by atomic mass is 16.2. The van der Waals surface area contributed by atoms with Gasteiger partial charge < -0.3 is 16.4 Å². The lowest BCUT2D eigenvalue weighted by molar-refractivity contribution is -0.122. The molecule has 0 heterocycles. The van der Waals surface area contributed by atoms with Crippen molar-refractivity contribution < 1.29 is 9.59 Å². The van der Waals surface area contributed by atoms with Crippen LogP contribution >= 0.6 is 0 Å². The average molecular weight is 341 g/mol. The minimum atomic E-state index is -0.210. The molecule has 1 aromatic rings. The molecule has 5 heteroatoms. The summed E-state index contributed by atoms with van der Waals surface area (Å²) >= 11 is 0. The molecule has 2 aliphatic carbocycles. The number of carbonyl (C=O) groups excluding carboxylic acids is 2. The maximum absolute atomic E-state index is 12.8. The van der Waals surface area contributed by atoms with Crippen LogP contribution in [0.25, 0.3) is 0 Å². The van der Waals surface area contributed by atoms with Crippen molar-refractivity contribution in [3.8, 4) is 0 Å². The van der Waals surface area contributed by atoms with Crippen molar-refractivity contribution in [2.45, 2.75) is 38.1 Å². The second kappa shape index (κ2) is 7.83. The Hall–Kier alpha value is -2.14. The Morgan fingerprint density at radius 1 is 1.20 bits per heavy atom. The Balaban J connectivity index is 1.69. The molecule has 0 saturated heterocycles. The molecular formula is C20H27N3O2. The van der Waals surface area contributed by atoms with Crippen molar-refractivity contribution in [2.24, 2.45) is 23.5 Å². The predicted molar refractivity (Wildman–Crippen MR) is 99.1 cm³/mol. The van der Waals surface area contributed by atoms with Gasteiger partial charge in [0.05, 0.1) is 11.3 Å². The zero-order valence-electron chi connectivity index (χ0n) is 14.5. The van der Waals surface area contributed by atoms with E-state index >= 15 is 0 Å². The molecule has 3 rings (SSSR count). The monoisotopic (exact) mass is 341 g/mol. The van der Waals surface area contributed by atoms with Gasteiger partial charge in [-0.25, -0.2) is 0 Å². The lowest BCUT2D eigenvalue weighted by atomic mass is 9.65. The Labute approximate surface area is 149 Å². The van der Waals surface area contributed by atoms with Crippen molar-refractivity contribution >= 4 is 17.5 Å². The van der Waals surface area contributed by atoms with Gasteiger partial charge in [0.1, 0.15) is 0 Å². The minimum absolute atomic E-state index is 0.00720. The number of hydrogen-bond acceptors (Lipinski definition) is 3. The van der Waals surface area contributed by atoms with Gasteiger partial charge >= 0.3 is 0 Å². The molecular weight excluding hydrogens is 314 g/mol. The van der Waals surface area contributed by atoms with Gasteiger partial charge in [-0.3, -0.25) is 9.59 Å². The van der Waals surface area contributed by atoms with Gasteiger partial charge in [0, 0.05) is 18.5 Å². The number of carbonyl (C=O) groups is 2. The number of rotatable bonds is 5. The van der Waals surface area contributed by atoms with Gasteiger partial charge in [0.2, 0.25) is 5.91 Å². The van der Waals surface area contributed by atoms with Crippen molar-refractivity contribution in [1.29, 1.82) is 0 Å². The highest BCUT2D eigenvalue weighted by Crippen LogP contribution is 2.42. The Kier molecular flexibility index (Phi) is 5.53. The topological polar surface area (TPSA) is 84.2 Å². The minimum Gasteiger partial charge on any atom is -0.349 e. The van der Waals surface area contributed by atoms with Crippen molar-refractivity contribution in [2.75, 3.05) is 11.9 Å². The SMILES string of the molecule is C=CCNC(=O)c1ccccc1NC(=O)C1CC2CCCC(C1)C2N. The molecule has 0 aliphatic heterocycles. The first-order valence-electron chi connectivity index (χ1n) is 9.14. The normalized spacial score (nSPS) is 28.0. The Morgan fingerprint density at radius 2 is 1.88 bits per heavy atom. The fourth-order valence-electron chi connectivity index (χ4n) is 4.29. The van der Waals surface area contributed by atoms with E-state index < -0.39 is 0 Å². The number of benzene rings is 1. The summed E-state index contributed by atoms with van der Waals surface area (Å²) in [5.74, 6) is 0.689. The van der Waals surface area contributed by atoms with Gasteiger partial charge in [-0.2, -0.15) is 0 Å². The van der Waals surface area contributed by atoms with Crippen LogP contribution in [0.3, 0.4) is 0 Å². The lowest BCUT2D eigenvalue weighted by Crippen LogP contribution is -2.48. The van der Waals surface area contributed by atoms with Crippen LogP contribution in [-0.4, -0.2) is 24.4 Å². The molecule has 2 atom stereocenters. The second-order valence-corrected chi connectivity index (χ2v) is 7.23. The predicted octanol–water partition coefficient (Wildman–Crippen LogP) is 2.69. The highest BCUT2D eigenvalue weighted by molar-refractivity contribution is 6.04. The number of nitrogens with two attached hydrogens (primary N) is 1. The molecule has 0 aromatic heterocycles. The summed E-state index contributed by atoms with van der Waals surface area (Å²) in [7, 11) is 0. The summed E-state index contributed by atoms with van der Waals surface area (Å²) in [4.78, 5) is 25.1. The lowest BCUT2D eigenvalue weighted by Gasteiger charge is -2.43. The van der Waals surface area contributed by atoms with Gasteiger partial charge in [0.25, 0.3) is 5.91 Å². The smallest absolute Gasteiger partial charge is 0.253 e. The summed E-state index contributed by atoms with van der Waals surface area (Å²) in [5, 5.41) is 5.73. The van der Waals surface area contributed by atoms with E-state index in [0.29, 0.717) is 29.6 Å². The first-order valence-corrected chi connectivity index (χ1v) is 9.14. The molecule has 0 radical (unpaired) electrons. The summed E-state index contributed by atoms with van der Waals surface area (Å²) < 4.78 is 0. The fraction of sp³-hybridized carbons (Fsp3) is 0.500. The number of amides is 2. The Morgan fingerprint density at radius 3 is 2.56 bits per heavy atom. The van der Waals surface area contributed by atoms with Gasteiger partial charge in [-0.1, -0.05) is 24.6 Å². The van der Waals surface area contributed by atoms with Crippen LogP contribution < -0.4 is 16.4 Å². The second-order valence-electron chi connectivity index (χ2n) is 7.23. The van der Waals surface area contributed by atoms with Crippen LogP contribution in [0.5, 0.6) is 0 Å². The van der Waals surface area contributed by atoms with Gasteiger partial charge in [-0.05, 0) is 49.7 Å². The summed E-state index contributed by atoms with van der Waals surface area (Å²) in [6, 6.07) is 7.36. The zero-order chi connectivity index (χ0) is 17.8. The third-order valence-electron chi connectivity index (χ3n) is 5.62. The number of fused-ring (bicyclic) bond motifs is 2. The molecule has 2 unspecified atom stereocenters. The quantitative estimate of drug-likeness (QED) is 0.720. The number of nitrogens with one attached hydrogen (secondary N) is 2. The van der Waals surface area contributed by atoms with Gasteiger partial charge in [-0.15, -0.1) is 6.58 Å². The fourth-order valence-corrected chi connectivity index (χ4v) is 4.29. The maximum Gasteiger partial charge on any atom is 0.253 e. The average Bonchev–Trinajstić information content (AvgIpc) is 2.59. The van der Waals surface area contributed by atoms with E-state index in [1.54, 1.807) is 24.3 Å². The van der Waals surface area contributed by atoms with E-state index in [1.165, 1.54) is 6.42 Å². The van der Waals surface area contributed by atoms with Crippen LogP contribution in [0.4, 0.5) is 5.69 Å². The molecule has 0 spiro atoms. The molecule has 5 nitrogen and oxygen atoms in total. The largest absolute Gasteiger partial charge is 0.349 e. The molecule has 4 N–H and O–H groups in total. The standard InChI is InChI=1S/C20H27N3O2/c1-2-10-22-20(25)16-8-3-4-9-17(16)23-19(24)15-11-13-6-5-7-14(12-15)18(13)21/h2-4,8-9,13-15,18H,1,5-7,10-12,21H2,(H,22,25)(H,23,24). The van der Waals surface area contributed by atoms with E-state index in [0.717, 1.165) is 25.7 Å². The van der Waals surface area contributed by atoms with Gasteiger partial charge in [0.15, 0.2) is 0 Å². The Bertz CT molecular complexity index is 644. The molecule has 25 heavy (non-hydrogen) atoms. The van der Waals surface area contributed by atoms with Crippen LogP contribution in [-0.2, 0) is 4.79 Å². The number of para-hydroxylation sites is 1. The van der Waals surface area contributed by atoms with Crippen LogP contribution in [0.15, 0.2) is 36.9 Å². The molecule has 2 bridgehead atoms. The molecule has 2 amide bonds. The summed E-state index contributed by atoms with van der Waals surface area (Å²) in [6.07, 6.45) is 6.82. The van der Waals surface area contributed by atoms with E-state index in [-0.39, 0.29) is 23.8 Å².